The number of carbonyl (C=O) groups is 2. The van der Waals surface area contributed by atoms with Crippen molar-refractivity contribution < 1.29 is 14.3 Å². The first-order valence-corrected chi connectivity index (χ1v) is 11.1. The molecule has 33 heavy (non-hydrogen) atoms. The number of benzene rings is 3. The van der Waals surface area contributed by atoms with Crippen molar-refractivity contribution in [1.29, 1.82) is 0 Å². The summed E-state index contributed by atoms with van der Waals surface area (Å²) in [6.45, 7) is 10.3. The molecule has 5 nitrogen and oxygen atoms in total. The summed E-state index contributed by atoms with van der Waals surface area (Å²) in [5.41, 5.74) is 6.55. The van der Waals surface area contributed by atoms with Gasteiger partial charge in [-0.25, -0.2) is 4.90 Å². The van der Waals surface area contributed by atoms with Crippen molar-refractivity contribution in [1.82, 2.24) is 0 Å². The predicted octanol–water partition coefficient (Wildman–Crippen LogP) is 5.72. The largest absolute Gasteiger partial charge is 0.492 e. The lowest BCUT2D eigenvalue weighted by molar-refractivity contribution is -0.120. The van der Waals surface area contributed by atoms with E-state index in [-0.39, 0.29) is 17.5 Å². The molecule has 168 valence electrons. The Labute approximate surface area is 194 Å². The number of aryl methyl sites for hydroxylation is 4. The second-order valence-corrected chi connectivity index (χ2v) is 8.36. The summed E-state index contributed by atoms with van der Waals surface area (Å²) in [7, 11) is 0. The van der Waals surface area contributed by atoms with Crippen molar-refractivity contribution in [2.45, 2.75) is 34.6 Å². The fourth-order valence-corrected chi connectivity index (χ4v) is 4.25. The molecule has 5 heteroatoms. The van der Waals surface area contributed by atoms with Gasteiger partial charge in [0.05, 0.1) is 23.6 Å². The Morgan fingerprint density at radius 3 is 2.15 bits per heavy atom. The molecular formula is C28H28N2O3. The van der Waals surface area contributed by atoms with Crippen LogP contribution in [0.2, 0.25) is 0 Å². The molecule has 0 saturated carbocycles. The van der Waals surface area contributed by atoms with Gasteiger partial charge in [-0.2, -0.15) is 0 Å². The highest BCUT2D eigenvalue weighted by atomic mass is 16.5. The zero-order valence-electron chi connectivity index (χ0n) is 19.7. The minimum Gasteiger partial charge on any atom is -0.492 e. The van der Waals surface area contributed by atoms with Gasteiger partial charge in [-0.05, 0) is 69.5 Å². The van der Waals surface area contributed by atoms with E-state index in [1.807, 2.05) is 95.3 Å². The van der Waals surface area contributed by atoms with Gasteiger partial charge in [-0.3, -0.25) is 9.59 Å². The minimum absolute atomic E-state index is 0.249. The molecule has 0 aromatic heterocycles. The van der Waals surface area contributed by atoms with E-state index < -0.39 is 0 Å². The molecule has 2 amide bonds. The van der Waals surface area contributed by atoms with E-state index >= 15 is 0 Å². The monoisotopic (exact) mass is 440 g/mol. The summed E-state index contributed by atoms with van der Waals surface area (Å²) in [5, 5.41) is 3.24. The van der Waals surface area contributed by atoms with Crippen molar-refractivity contribution in [2.75, 3.05) is 16.8 Å². The van der Waals surface area contributed by atoms with E-state index in [4.69, 9.17) is 4.74 Å². The number of rotatable bonds is 6. The average molecular weight is 441 g/mol. The maximum Gasteiger partial charge on any atom is 0.282 e. The molecule has 0 fully saturated rings. The molecule has 1 N–H and O–H groups in total. The van der Waals surface area contributed by atoms with Crippen molar-refractivity contribution in [2.24, 2.45) is 0 Å². The van der Waals surface area contributed by atoms with E-state index in [0.29, 0.717) is 29.3 Å². The lowest BCUT2D eigenvalue weighted by atomic mass is 9.97. The summed E-state index contributed by atoms with van der Waals surface area (Å²) in [5.74, 6) is -0.0961. The van der Waals surface area contributed by atoms with Gasteiger partial charge >= 0.3 is 0 Å². The number of hydrogen-bond donors (Lipinski definition) is 1. The Balaban J connectivity index is 1.88. The summed E-state index contributed by atoms with van der Waals surface area (Å²) < 4.78 is 5.74. The molecule has 0 spiro atoms. The summed E-state index contributed by atoms with van der Waals surface area (Å²) in [6.07, 6.45) is 0. The minimum atomic E-state index is -0.381. The molecule has 3 aromatic rings. The lowest BCUT2D eigenvalue weighted by Gasteiger charge is -2.18. The van der Waals surface area contributed by atoms with Crippen molar-refractivity contribution in [3.05, 3.63) is 94.2 Å². The lowest BCUT2D eigenvalue weighted by Crippen LogP contribution is -2.33. The highest BCUT2D eigenvalue weighted by Gasteiger charge is 2.41. The van der Waals surface area contributed by atoms with Gasteiger partial charge in [0.2, 0.25) is 0 Å². The highest BCUT2D eigenvalue weighted by molar-refractivity contribution is 6.46. The average Bonchev–Trinajstić information content (AvgIpc) is 3.00. The van der Waals surface area contributed by atoms with Gasteiger partial charge in [0, 0.05) is 0 Å². The number of imide groups is 1. The van der Waals surface area contributed by atoms with E-state index in [9.17, 15) is 9.59 Å². The van der Waals surface area contributed by atoms with Crippen molar-refractivity contribution >= 4 is 28.8 Å². The number of anilines is 2. The molecule has 0 atom stereocenters. The van der Waals surface area contributed by atoms with Gasteiger partial charge in [0.25, 0.3) is 11.8 Å². The van der Waals surface area contributed by atoms with Gasteiger partial charge in [0.1, 0.15) is 11.4 Å². The van der Waals surface area contributed by atoms with Crippen LogP contribution in [0.5, 0.6) is 5.75 Å². The maximum absolute atomic E-state index is 13.8. The predicted molar refractivity (Wildman–Crippen MR) is 132 cm³/mol. The third-order valence-electron chi connectivity index (χ3n) is 5.77. The molecule has 0 unspecified atom stereocenters. The fourth-order valence-electron chi connectivity index (χ4n) is 4.25. The van der Waals surface area contributed by atoms with Crippen molar-refractivity contribution in [3.8, 4) is 5.75 Å². The van der Waals surface area contributed by atoms with Crippen LogP contribution in [-0.4, -0.2) is 18.4 Å². The molecule has 1 aliphatic heterocycles. The van der Waals surface area contributed by atoms with Gasteiger partial charge in [-0.15, -0.1) is 0 Å². The number of ether oxygens (including phenoxy) is 1. The van der Waals surface area contributed by atoms with Gasteiger partial charge in [-0.1, -0.05) is 53.6 Å². The molecule has 0 aliphatic carbocycles. The molecule has 3 aromatic carbocycles. The maximum atomic E-state index is 13.8. The van der Waals surface area contributed by atoms with E-state index in [1.165, 1.54) is 4.90 Å². The SMILES string of the molecule is CCOc1ccccc1NC1=C(c2ccc(C)cc2C)C(=O)N(c2ccc(C)cc2C)C1=O. The molecule has 0 bridgehead atoms. The Morgan fingerprint density at radius 2 is 1.48 bits per heavy atom. The fraction of sp³-hybridized carbons (Fsp3) is 0.214. The topological polar surface area (TPSA) is 58.6 Å². The second kappa shape index (κ2) is 8.94. The van der Waals surface area contributed by atoms with Gasteiger partial charge < -0.3 is 10.1 Å². The van der Waals surface area contributed by atoms with Crippen LogP contribution in [0.1, 0.15) is 34.7 Å². The van der Waals surface area contributed by atoms with Gasteiger partial charge in [0.15, 0.2) is 0 Å². The van der Waals surface area contributed by atoms with Crippen LogP contribution >= 0.6 is 0 Å². The van der Waals surface area contributed by atoms with E-state index in [2.05, 4.69) is 5.32 Å². The number of amides is 2. The van der Waals surface area contributed by atoms with Crippen LogP contribution in [0.15, 0.2) is 66.4 Å². The first-order chi connectivity index (χ1) is 15.8. The summed E-state index contributed by atoms with van der Waals surface area (Å²) in [6, 6.07) is 19.0. The zero-order chi connectivity index (χ0) is 23.7. The van der Waals surface area contributed by atoms with Crippen LogP contribution in [0.25, 0.3) is 5.57 Å². The number of nitrogens with zero attached hydrogens (tertiary/aromatic N) is 1. The molecular weight excluding hydrogens is 412 g/mol. The number of nitrogens with one attached hydrogen (secondary N) is 1. The first kappa shape index (κ1) is 22.3. The quantitative estimate of drug-likeness (QED) is 0.499. The van der Waals surface area contributed by atoms with E-state index in [0.717, 1.165) is 27.8 Å². The van der Waals surface area contributed by atoms with Crippen LogP contribution < -0.4 is 15.0 Å². The molecule has 4 rings (SSSR count). The normalized spacial score (nSPS) is 13.7. The molecule has 0 radical (unpaired) electrons. The van der Waals surface area contributed by atoms with Crippen LogP contribution in [0.4, 0.5) is 11.4 Å². The number of para-hydroxylation sites is 2. The molecule has 1 aliphatic rings. The number of carbonyl (C=O) groups excluding carboxylic acids is 2. The second-order valence-electron chi connectivity index (χ2n) is 8.36. The highest BCUT2D eigenvalue weighted by Crippen LogP contribution is 2.37. The number of hydrogen-bond acceptors (Lipinski definition) is 4. The third kappa shape index (κ3) is 4.14. The van der Waals surface area contributed by atoms with Crippen LogP contribution in [-0.2, 0) is 9.59 Å². The Kier molecular flexibility index (Phi) is 6.05. The zero-order valence-corrected chi connectivity index (χ0v) is 19.7. The van der Waals surface area contributed by atoms with E-state index in [1.54, 1.807) is 0 Å². The Hall–Kier alpha value is -3.86. The molecule has 1 heterocycles. The molecule has 0 saturated heterocycles. The summed E-state index contributed by atoms with van der Waals surface area (Å²) >= 11 is 0. The Morgan fingerprint density at radius 1 is 0.818 bits per heavy atom. The Bertz CT molecular complexity index is 1290. The smallest absolute Gasteiger partial charge is 0.282 e. The van der Waals surface area contributed by atoms with Crippen LogP contribution in [0.3, 0.4) is 0 Å². The standard InChI is InChI=1S/C28H28N2O3/c1-6-33-24-10-8-7-9-22(24)29-26-25(21-13-11-17(2)15-19(21)4)27(31)30(28(26)32)23-14-12-18(3)16-20(23)5/h7-16,29H,6H2,1-5H3. The summed E-state index contributed by atoms with van der Waals surface area (Å²) in [4.78, 5) is 28.8. The van der Waals surface area contributed by atoms with Crippen LogP contribution in [0, 0.1) is 27.7 Å². The van der Waals surface area contributed by atoms with Crippen molar-refractivity contribution in [3.63, 3.8) is 0 Å². The third-order valence-corrected chi connectivity index (χ3v) is 5.77. The first-order valence-electron chi connectivity index (χ1n) is 11.1.